The molecule has 0 radical (unpaired) electrons. The van der Waals surface area contributed by atoms with Crippen molar-refractivity contribution in [2.45, 2.75) is 32.5 Å². The number of ether oxygens (including phenoxy) is 2. The Hall–Kier alpha value is -0.330. The maximum absolute atomic E-state index is 5.74. The van der Waals surface area contributed by atoms with E-state index in [0.29, 0.717) is 12.2 Å². The molecular weight excluding hydrogens is 353 g/mol. The highest BCUT2D eigenvalue weighted by Gasteiger charge is 2.21. The minimum Gasteiger partial charge on any atom is -0.494 e. The van der Waals surface area contributed by atoms with E-state index in [4.69, 9.17) is 9.47 Å². The average Bonchev–Trinajstić information content (AvgIpc) is 2.36. The third kappa shape index (κ3) is 5.28. The largest absolute Gasteiger partial charge is 0.494 e. The summed E-state index contributed by atoms with van der Waals surface area (Å²) in [5, 5.41) is 0. The molecule has 2 atom stereocenters. The van der Waals surface area contributed by atoms with Crippen LogP contribution in [0.25, 0.3) is 0 Å². The molecule has 1 heterocycles. The fourth-order valence-electron chi connectivity index (χ4n) is 2.48. The summed E-state index contributed by atoms with van der Waals surface area (Å²) >= 11 is 2.30. The number of nitrogens with zero attached hydrogens (tertiary/aromatic N) is 1. The first-order valence-corrected chi connectivity index (χ1v) is 7.97. The molecule has 3 nitrogen and oxygen atoms in total. The van der Waals surface area contributed by atoms with E-state index in [-0.39, 0.29) is 0 Å². The minimum atomic E-state index is 0.348. The van der Waals surface area contributed by atoms with Gasteiger partial charge in [-0.3, -0.25) is 4.90 Å². The fourth-order valence-corrected chi connectivity index (χ4v) is 2.84. The van der Waals surface area contributed by atoms with E-state index in [1.807, 2.05) is 12.1 Å². The van der Waals surface area contributed by atoms with Crippen LogP contribution in [0.15, 0.2) is 24.3 Å². The second-order valence-corrected chi connectivity index (χ2v) is 6.42. The molecular formula is C15H22INO2. The number of morpholine rings is 1. The molecule has 0 bridgehead atoms. The van der Waals surface area contributed by atoms with Gasteiger partial charge in [-0.15, -0.1) is 0 Å². The highest BCUT2D eigenvalue weighted by atomic mass is 127. The minimum absolute atomic E-state index is 0.348. The Bertz CT molecular complexity index is 372. The molecule has 1 aromatic rings. The molecule has 0 aromatic heterocycles. The quantitative estimate of drug-likeness (QED) is 0.583. The van der Waals surface area contributed by atoms with E-state index >= 15 is 0 Å². The highest BCUT2D eigenvalue weighted by Crippen LogP contribution is 2.14. The number of rotatable bonds is 5. The Labute approximate surface area is 129 Å². The SMILES string of the molecule is CC1CN(CCCOc2ccc(I)cc2)CC(C)O1. The topological polar surface area (TPSA) is 21.7 Å². The van der Waals surface area contributed by atoms with Crippen molar-refractivity contribution in [3.05, 3.63) is 27.8 Å². The zero-order valence-electron chi connectivity index (χ0n) is 11.6. The molecule has 1 saturated heterocycles. The lowest BCUT2D eigenvalue weighted by atomic mass is 10.2. The van der Waals surface area contributed by atoms with Crippen LogP contribution >= 0.6 is 22.6 Å². The van der Waals surface area contributed by atoms with Crippen LogP contribution in [0, 0.1) is 3.57 Å². The second-order valence-electron chi connectivity index (χ2n) is 5.17. The lowest BCUT2D eigenvalue weighted by molar-refractivity contribution is -0.0686. The zero-order chi connectivity index (χ0) is 13.7. The second kappa shape index (κ2) is 7.45. The van der Waals surface area contributed by atoms with Gasteiger partial charge in [0.1, 0.15) is 5.75 Å². The van der Waals surface area contributed by atoms with Crippen LogP contribution < -0.4 is 4.74 Å². The predicted molar refractivity (Wildman–Crippen MR) is 85.7 cm³/mol. The van der Waals surface area contributed by atoms with Gasteiger partial charge in [0.05, 0.1) is 18.8 Å². The van der Waals surface area contributed by atoms with Crippen LogP contribution in [0.2, 0.25) is 0 Å². The molecule has 4 heteroatoms. The molecule has 0 spiro atoms. The average molecular weight is 375 g/mol. The molecule has 2 rings (SSSR count). The molecule has 1 aliphatic heterocycles. The van der Waals surface area contributed by atoms with Crippen LogP contribution in [0.3, 0.4) is 0 Å². The fraction of sp³-hybridized carbons (Fsp3) is 0.600. The third-order valence-corrected chi connectivity index (χ3v) is 3.92. The van der Waals surface area contributed by atoms with Crippen molar-refractivity contribution in [3.63, 3.8) is 0 Å². The van der Waals surface area contributed by atoms with Crippen molar-refractivity contribution in [2.24, 2.45) is 0 Å². The van der Waals surface area contributed by atoms with Gasteiger partial charge >= 0.3 is 0 Å². The lowest BCUT2D eigenvalue weighted by Gasteiger charge is -2.35. The van der Waals surface area contributed by atoms with Crippen LogP contribution in [-0.4, -0.2) is 43.3 Å². The first-order valence-electron chi connectivity index (χ1n) is 6.89. The number of halogens is 1. The third-order valence-electron chi connectivity index (χ3n) is 3.20. The van der Waals surface area contributed by atoms with Crippen molar-refractivity contribution in [1.82, 2.24) is 4.90 Å². The summed E-state index contributed by atoms with van der Waals surface area (Å²) < 4.78 is 12.7. The smallest absolute Gasteiger partial charge is 0.119 e. The molecule has 2 unspecified atom stereocenters. The van der Waals surface area contributed by atoms with E-state index in [2.05, 4.69) is 53.5 Å². The van der Waals surface area contributed by atoms with E-state index < -0.39 is 0 Å². The van der Waals surface area contributed by atoms with E-state index in [0.717, 1.165) is 38.4 Å². The Balaban J connectivity index is 1.65. The maximum Gasteiger partial charge on any atom is 0.119 e. The summed E-state index contributed by atoms with van der Waals surface area (Å²) in [6.07, 6.45) is 1.76. The maximum atomic E-state index is 5.74. The Morgan fingerprint density at radius 2 is 1.84 bits per heavy atom. The van der Waals surface area contributed by atoms with Crippen molar-refractivity contribution in [1.29, 1.82) is 0 Å². The Kier molecular flexibility index (Phi) is 5.91. The molecule has 1 fully saturated rings. The van der Waals surface area contributed by atoms with Gasteiger partial charge in [0.15, 0.2) is 0 Å². The van der Waals surface area contributed by atoms with Gasteiger partial charge in [-0.1, -0.05) is 0 Å². The molecule has 0 aliphatic carbocycles. The molecule has 1 aromatic carbocycles. The van der Waals surface area contributed by atoms with Crippen LogP contribution in [0.4, 0.5) is 0 Å². The number of hydrogen-bond acceptors (Lipinski definition) is 3. The first kappa shape index (κ1) is 15.1. The van der Waals surface area contributed by atoms with Crippen molar-refractivity contribution < 1.29 is 9.47 Å². The standard InChI is InChI=1S/C15H22INO2/c1-12-10-17(11-13(2)19-12)8-3-9-18-15-6-4-14(16)5-7-15/h4-7,12-13H,3,8-11H2,1-2H3. The van der Waals surface area contributed by atoms with Gasteiger partial charge in [0, 0.05) is 23.2 Å². The van der Waals surface area contributed by atoms with E-state index in [1.54, 1.807) is 0 Å². The summed E-state index contributed by atoms with van der Waals surface area (Å²) in [6, 6.07) is 8.20. The molecule has 0 N–H and O–H groups in total. The Morgan fingerprint density at radius 1 is 1.21 bits per heavy atom. The van der Waals surface area contributed by atoms with Crippen molar-refractivity contribution in [3.8, 4) is 5.75 Å². The number of benzene rings is 1. The van der Waals surface area contributed by atoms with Gasteiger partial charge in [-0.25, -0.2) is 0 Å². The van der Waals surface area contributed by atoms with Crippen molar-refractivity contribution in [2.75, 3.05) is 26.2 Å². The predicted octanol–water partition coefficient (Wildman–Crippen LogP) is 3.17. The monoisotopic (exact) mass is 375 g/mol. The highest BCUT2D eigenvalue weighted by molar-refractivity contribution is 14.1. The van der Waals surface area contributed by atoms with Crippen LogP contribution in [0.1, 0.15) is 20.3 Å². The first-order chi connectivity index (χ1) is 9.13. The summed E-state index contributed by atoms with van der Waals surface area (Å²) in [7, 11) is 0. The molecule has 0 saturated carbocycles. The van der Waals surface area contributed by atoms with Crippen LogP contribution in [0.5, 0.6) is 5.75 Å². The van der Waals surface area contributed by atoms with Gasteiger partial charge in [0.2, 0.25) is 0 Å². The van der Waals surface area contributed by atoms with E-state index in [9.17, 15) is 0 Å². The lowest BCUT2D eigenvalue weighted by Crippen LogP contribution is -2.45. The summed E-state index contributed by atoms with van der Waals surface area (Å²) in [5.74, 6) is 0.962. The van der Waals surface area contributed by atoms with E-state index in [1.165, 1.54) is 3.57 Å². The molecule has 0 amide bonds. The molecule has 19 heavy (non-hydrogen) atoms. The molecule has 1 aliphatic rings. The van der Waals surface area contributed by atoms with Crippen LogP contribution in [-0.2, 0) is 4.74 Å². The molecule has 106 valence electrons. The normalized spacial score (nSPS) is 24.4. The van der Waals surface area contributed by atoms with Gasteiger partial charge in [0.25, 0.3) is 0 Å². The summed E-state index contributed by atoms with van der Waals surface area (Å²) in [4.78, 5) is 2.47. The Morgan fingerprint density at radius 3 is 2.47 bits per heavy atom. The van der Waals surface area contributed by atoms with Gasteiger partial charge in [-0.05, 0) is 67.1 Å². The van der Waals surface area contributed by atoms with Gasteiger partial charge < -0.3 is 9.47 Å². The van der Waals surface area contributed by atoms with Crippen molar-refractivity contribution >= 4 is 22.6 Å². The summed E-state index contributed by atoms with van der Waals surface area (Å²) in [6.45, 7) is 8.22. The summed E-state index contributed by atoms with van der Waals surface area (Å²) in [5.41, 5.74) is 0. The van der Waals surface area contributed by atoms with Gasteiger partial charge in [-0.2, -0.15) is 0 Å². The number of hydrogen-bond donors (Lipinski definition) is 0. The zero-order valence-corrected chi connectivity index (χ0v) is 13.8.